The maximum Gasteiger partial charge on any atom is 0.513 e. The van der Waals surface area contributed by atoms with Crippen molar-refractivity contribution in [3.05, 3.63) is 65.9 Å². The molecule has 2 N–H and O–H groups in total. The number of hydrogen-bond acceptors (Lipinski definition) is 5. The van der Waals surface area contributed by atoms with Gasteiger partial charge in [-0.2, -0.15) is 0 Å². The minimum atomic E-state index is -0.786. The Hall–Kier alpha value is -3.54. The second kappa shape index (κ2) is 7.23. The summed E-state index contributed by atoms with van der Waals surface area (Å²) in [6.07, 6.45) is -0.786. The topological polar surface area (TPSA) is 79.4 Å². The fourth-order valence-electron chi connectivity index (χ4n) is 3.48. The van der Waals surface area contributed by atoms with Crippen molar-refractivity contribution >= 4 is 33.8 Å². The van der Waals surface area contributed by atoms with Crippen LogP contribution < -0.4 is 10.5 Å². The molecule has 0 amide bonds. The molecule has 0 aliphatic heterocycles. The van der Waals surface area contributed by atoms with Crippen molar-refractivity contribution < 1.29 is 14.3 Å². The second-order valence-electron chi connectivity index (χ2n) is 6.51. The quantitative estimate of drug-likeness (QED) is 0.525. The molecule has 2 aromatic heterocycles. The monoisotopic (exact) mass is 375 g/mol. The van der Waals surface area contributed by atoms with Gasteiger partial charge in [-0.3, -0.25) is 0 Å². The lowest BCUT2D eigenvalue weighted by Gasteiger charge is -2.12. The molecule has 0 saturated heterocycles. The number of carbonyl (C=O) groups excluding carboxylic acids is 1. The molecule has 0 unspecified atom stereocenters. The van der Waals surface area contributed by atoms with Gasteiger partial charge in [0.1, 0.15) is 5.65 Å². The van der Waals surface area contributed by atoms with Gasteiger partial charge in [0.15, 0.2) is 5.75 Å². The summed E-state index contributed by atoms with van der Waals surface area (Å²) in [5.74, 6) is 0.244. The summed E-state index contributed by atoms with van der Waals surface area (Å²) in [6, 6.07) is 18.2. The highest BCUT2D eigenvalue weighted by Crippen LogP contribution is 2.39. The minimum absolute atomic E-state index is 0.226. The molecular weight excluding hydrogens is 354 g/mol. The van der Waals surface area contributed by atoms with E-state index in [9.17, 15) is 4.79 Å². The number of carbonyl (C=O) groups is 1. The fraction of sp³-hybridized carbons (Fsp3) is 0.182. The molecule has 0 aliphatic carbocycles. The number of benzene rings is 2. The summed E-state index contributed by atoms with van der Waals surface area (Å²) >= 11 is 0. The van der Waals surface area contributed by atoms with E-state index in [0.717, 1.165) is 27.5 Å². The van der Waals surface area contributed by atoms with Crippen LogP contribution in [0.15, 0.2) is 54.6 Å². The van der Waals surface area contributed by atoms with Crippen molar-refractivity contribution in [1.29, 1.82) is 0 Å². The lowest BCUT2D eigenvalue weighted by Crippen LogP contribution is -2.13. The predicted molar refractivity (Wildman–Crippen MR) is 110 cm³/mol. The SMILES string of the molecule is CCOC(=O)Oc1c(C)nc2c(c1N)c1ccccc1n2Cc1ccccc1. The van der Waals surface area contributed by atoms with Crippen LogP contribution in [0.3, 0.4) is 0 Å². The largest absolute Gasteiger partial charge is 0.513 e. The molecule has 0 radical (unpaired) electrons. The van der Waals surface area contributed by atoms with Crippen molar-refractivity contribution in [3.8, 4) is 5.75 Å². The van der Waals surface area contributed by atoms with Gasteiger partial charge < -0.3 is 19.8 Å². The minimum Gasteiger partial charge on any atom is -0.434 e. The zero-order chi connectivity index (χ0) is 19.7. The van der Waals surface area contributed by atoms with Gasteiger partial charge in [-0.25, -0.2) is 9.78 Å². The summed E-state index contributed by atoms with van der Waals surface area (Å²) < 4.78 is 12.4. The molecule has 0 bridgehead atoms. The van der Waals surface area contributed by atoms with Gasteiger partial charge in [0, 0.05) is 11.9 Å². The van der Waals surface area contributed by atoms with Gasteiger partial charge in [-0.15, -0.1) is 0 Å². The van der Waals surface area contributed by atoms with Gasteiger partial charge in [-0.1, -0.05) is 48.5 Å². The van der Waals surface area contributed by atoms with Crippen molar-refractivity contribution in [1.82, 2.24) is 9.55 Å². The molecule has 142 valence electrons. The van der Waals surface area contributed by atoms with Crippen LogP contribution in [0.25, 0.3) is 21.9 Å². The van der Waals surface area contributed by atoms with E-state index in [1.54, 1.807) is 13.8 Å². The Morgan fingerprint density at radius 1 is 1.11 bits per heavy atom. The summed E-state index contributed by atoms with van der Waals surface area (Å²) in [5, 5.41) is 1.74. The van der Waals surface area contributed by atoms with Gasteiger partial charge in [0.25, 0.3) is 0 Å². The van der Waals surface area contributed by atoms with Crippen LogP contribution in [0, 0.1) is 6.92 Å². The maximum absolute atomic E-state index is 11.8. The number of pyridine rings is 1. The van der Waals surface area contributed by atoms with Crippen molar-refractivity contribution in [2.24, 2.45) is 0 Å². The third-order valence-electron chi connectivity index (χ3n) is 4.69. The van der Waals surface area contributed by atoms with E-state index in [1.807, 2.05) is 42.5 Å². The second-order valence-corrected chi connectivity index (χ2v) is 6.51. The molecule has 2 aromatic carbocycles. The highest BCUT2D eigenvalue weighted by molar-refractivity contribution is 6.13. The Balaban J connectivity index is 1.94. The average Bonchev–Trinajstić information content (AvgIpc) is 3.00. The van der Waals surface area contributed by atoms with E-state index >= 15 is 0 Å². The molecule has 28 heavy (non-hydrogen) atoms. The number of ether oxygens (including phenoxy) is 2. The summed E-state index contributed by atoms with van der Waals surface area (Å²) in [7, 11) is 0. The third-order valence-corrected chi connectivity index (χ3v) is 4.69. The molecule has 4 aromatic rings. The number of rotatable bonds is 4. The molecule has 0 saturated carbocycles. The number of hydrogen-bond donors (Lipinski definition) is 1. The van der Waals surface area contributed by atoms with E-state index in [0.29, 0.717) is 17.9 Å². The van der Waals surface area contributed by atoms with E-state index in [-0.39, 0.29) is 12.4 Å². The number of fused-ring (bicyclic) bond motifs is 3. The lowest BCUT2D eigenvalue weighted by molar-refractivity contribution is 0.104. The first-order valence-electron chi connectivity index (χ1n) is 9.15. The normalized spacial score (nSPS) is 11.1. The van der Waals surface area contributed by atoms with Gasteiger partial charge in [-0.05, 0) is 25.5 Å². The summed E-state index contributed by atoms with van der Waals surface area (Å²) in [5.41, 5.74) is 10.3. The molecule has 6 heteroatoms. The first-order valence-corrected chi connectivity index (χ1v) is 9.15. The Bertz CT molecular complexity index is 1170. The van der Waals surface area contributed by atoms with Crippen LogP contribution in [-0.2, 0) is 11.3 Å². The maximum atomic E-state index is 11.8. The van der Waals surface area contributed by atoms with Crippen LogP contribution in [-0.4, -0.2) is 22.3 Å². The molecule has 4 rings (SSSR count). The Morgan fingerprint density at radius 2 is 1.82 bits per heavy atom. The molecule has 6 nitrogen and oxygen atoms in total. The van der Waals surface area contributed by atoms with Crippen LogP contribution in [0.4, 0.5) is 10.5 Å². The first-order chi connectivity index (χ1) is 13.6. The van der Waals surface area contributed by atoms with Crippen molar-refractivity contribution in [2.45, 2.75) is 20.4 Å². The number of aryl methyl sites for hydroxylation is 1. The van der Waals surface area contributed by atoms with Crippen LogP contribution in [0.1, 0.15) is 18.2 Å². The van der Waals surface area contributed by atoms with E-state index in [1.165, 1.54) is 0 Å². The smallest absolute Gasteiger partial charge is 0.434 e. The zero-order valence-corrected chi connectivity index (χ0v) is 15.8. The number of nitrogens with two attached hydrogens (primary N) is 1. The van der Waals surface area contributed by atoms with Gasteiger partial charge in [0.2, 0.25) is 0 Å². The summed E-state index contributed by atoms with van der Waals surface area (Å²) in [4.78, 5) is 16.6. The fourth-order valence-corrected chi connectivity index (χ4v) is 3.48. The van der Waals surface area contributed by atoms with Gasteiger partial charge >= 0.3 is 6.16 Å². The van der Waals surface area contributed by atoms with Crippen molar-refractivity contribution in [2.75, 3.05) is 12.3 Å². The van der Waals surface area contributed by atoms with E-state index in [2.05, 4.69) is 16.7 Å². The van der Waals surface area contributed by atoms with E-state index in [4.69, 9.17) is 20.2 Å². The van der Waals surface area contributed by atoms with Crippen LogP contribution in [0.5, 0.6) is 5.75 Å². The molecule has 0 aliphatic rings. The van der Waals surface area contributed by atoms with Crippen LogP contribution in [0.2, 0.25) is 0 Å². The molecule has 2 heterocycles. The highest BCUT2D eigenvalue weighted by atomic mass is 16.7. The van der Waals surface area contributed by atoms with Crippen molar-refractivity contribution in [3.63, 3.8) is 0 Å². The molecular formula is C22H21N3O3. The third kappa shape index (κ3) is 3.03. The van der Waals surface area contributed by atoms with Crippen LogP contribution >= 0.6 is 0 Å². The first kappa shape index (κ1) is 17.9. The Morgan fingerprint density at radius 3 is 2.57 bits per heavy atom. The number of aromatic nitrogens is 2. The lowest BCUT2D eigenvalue weighted by atomic mass is 10.1. The molecule has 0 spiro atoms. The van der Waals surface area contributed by atoms with Gasteiger partial charge in [0.05, 0.1) is 28.9 Å². The number of para-hydroxylation sites is 1. The molecule has 0 atom stereocenters. The Kier molecular flexibility index (Phi) is 4.61. The average molecular weight is 375 g/mol. The summed E-state index contributed by atoms with van der Waals surface area (Å²) in [6.45, 7) is 4.38. The molecule has 0 fully saturated rings. The zero-order valence-electron chi connectivity index (χ0n) is 15.8. The predicted octanol–water partition coefficient (Wildman–Crippen LogP) is 4.66. The standard InChI is InChI=1S/C22H21N3O3/c1-3-27-22(26)28-20-14(2)24-21-18(19(20)23)16-11-7-8-12-17(16)25(21)13-15-9-5-4-6-10-15/h4-12H,3,13H2,1-2H3,(H2,23,24). The number of nitrogen functional groups attached to an aromatic ring is 1. The Labute approximate surface area is 162 Å². The van der Waals surface area contributed by atoms with E-state index < -0.39 is 6.16 Å². The number of anilines is 1. The highest BCUT2D eigenvalue weighted by Gasteiger charge is 2.21. The number of nitrogens with zero attached hydrogens (tertiary/aromatic N) is 2.